The molecule has 2 aromatic rings. The van der Waals surface area contributed by atoms with Crippen molar-refractivity contribution in [3.8, 4) is 0 Å². The number of halogens is 2. The Labute approximate surface area is 186 Å². The lowest BCUT2D eigenvalue weighted by atomic mass is 9.91. The van der Waals surface area contributed by atoms with Gasteiger partial charge in [-0.25, -0.2) is 8.42 Å². The van der Waals surface area contributed by atoms with Crippen molar-refractivity contribution >= 4 is 39.1 Å². The molecule has 1 atom stereocenters. The van der Waals surface area contributed by atoms with Crippen molar-refractivity contribution in [3.63, 3.8) is 0 Å². The highest BCUT2D eigenvalue weighted by molar-refractivity contribution is 7.89. The Kier molecular flexibility index (Phi) is 6.36. The molecule has 2 aromatic carbocycles. The molecule has 4 rings (SSSR count). The van der Waals surface area contributed by atoms with Crippen LogP contribution in [-0.2, 0) is 26.0 Å². The molecule has 6 nitrogen and oxygen atoms in total. The second-order valence-electron chi connectivity index (χ2n) is 7.59. The van der Waals surface area contributed by atoms with Gasteiger partial charge in [-0.2, -0.15) is 4.31 Å². The largest absolute Gasteiger partial charge is 0.366 e. The molecule has 0 saturated carbocycles. The third-order valence-corrected chi connectivity index (χ3v) is 8.08. The van der Waals surface area contributed by atoms with E-state index in [1.807, 2.05) is 24.3 Å². The van der Waals surface area contributed by atoms with E-state index in [4.69, 9.17) is 27.9 Å². The lowest BCUT2D eigenvalue weighted by molar-refractivity contribution is -0.153. The van der Waals surface area contributed by atoms with Crippen molar-refractivity contribution in [2.45, 2.75) is 17.4 Å². The number of nitrogens with zero attached hydrogens (tertiary/aromatic N) is 2. The molecule has 1 amide bonds. The van der Waals surface area contributed by atoms with Crippen LogP contribution in [0.3, 0.4) is 0 Å². The molecule has 0 radical (unpaired) electrons. The van der Waals surface area contributed by atoms with Crippen molar-refractivity contribution in [3.05, 3.63) is 64.1 Å². The summed E-state index contributed by atoms with van der Waals surface area (Å²) in [5.41, 5.74) is 1.18. The van der Waals surface area contributed by atoms with Crippen LogP contribution < -0.4 is 0 Å². The number of likely N-dealkylation sites (tertiary alicyclic amines) is 1. The highest BCUT2D eigenvalue weighted by atomic mass is 35.5. The van der Waals surface area contributed by atoms with Crippen molar-refractivity contribution in [2.24, 2.45) is 5.92 Å². The van der Waals surface area contributed by atoms with Crippen molar-refractivity contribution in [1.82, 2.24) is 9.21 Å². The normalized spacial score (nSPS) is 20.7. The molecule has 160 valence electrons. The predicted octanol–water partition coefficient (Wildman–Crippen LogP) is 3.08. The number of ether oxygens (including phenoxy) is 1. The molecule has 0 unspecified atom stereocenters. The number of morpholine rings is 1. The minimum absolute atomic E-state index is 0.00919. The van der Waals surface area contributed by atoms with Crippen LogP contribution in [0.2, 0.25) is 10.0 Å². The van der Waals surface area contributed by atoms with Crippen LogP contribution in [0.4, 0.5) is 0 Å². The highest BCUT2D eigenvalue weighted by Crippen LogP contribution is 2.27. The lowest BCUT2D eigenvalue weighted by Gasteiger charge is -2.42. The van der Waals surface area contributed by atoms with E-state index < -0.39 is 16.1 Å². The maximum absolute atomic E-state index is 13.0. The monoisotopic (exact) mass is 468 g/mol. The van der Waals surface area contributed by atoms with Gasteiger partial charge >= 0.3 is 0 Å². The van der Waals surface area contributed by atoms with Gasteiger partial charge in [0.1, 0.15) is 11.0 Å². The summed E-state index contributed by atoms with van der Waals surface area (Å²) < 4.78 is 32.8. The van der Waals surface area contributed by atoms with Crippen molar-refractivity contribution < 1.29 is 17.9 Å². The maximum Gasteiger partial charge on any atom is 0.253 e. The zero-order valence-electron chi connectivity index (χ0n) is 16.2. The molecule has 0 aromatic heterocycles. The minimum atomic E-state index is -3.79. The maximum atomic E-state index is 13.0. The van der Waals surface area contributed by atoms with Gasteiger partial charge < -0.3 is 9.64 Å². The summed E-state index contributed by atoms with van der Waals surface area (Å²) in [5.74, 6) is 0.211. The van der Waals surface area contributed by atoms with Crippen molar-refractivity contribution in [1.29, 1.82) is 0 Å². The number of sulfonamides is 1. The summed E-state index contributed by atoms with van der Waals surface area (Å²) >= 11 is 12.0. The van der Waals surface area contributed by atoms with Gasteiger partial charge in [0.25, 0.3) is 5.91 Å². The first-order chi connectivity index (χ1) is 14.3. The molecule has 9 heteroatoms. The molecule has 0 spiro atoms. The SMILES string of the molecule is O=C([C@H]1CN(S(=O)(=O)c2ccccc2Cl)CCO1)N1CC(Cc2ccc(Cl)cc2)C1. The van der Waals surface area contributed by atoms with Crippen molar-refractivity contribution in [2.75, 3.05) is 32.8 Å². The summed E-state index contributed by atoms with van der Waals surface area (Å²) in [4.78, 5) is 14.6. The molecular formula is C21H22Cl2N2O4S. The van der Waals surface area contributed by atoms with Gasteiger partial charge in [0, 0.05) is 31.2 Å². The first-order valence-corrected chi connectivity index (χ1v) is 11.9. The average molecular weight is 469 g/mol. The fourth-order valence-corrected chi connectivity index (χ4v) is 5.87. The Morgan fingerprint density at radius 2 is 1.73 bits per heavy atom. The quantitative estimate of drug-likeness (QED) is 0.675. The van der Waals surface area contributed by atoms with Gasteiger partial charge in [-0.05, 0) is 42.2 Å². The van der Waals surface area contributed by atoms with Crippen LogP contribution in [0.25, 0.3) is 0 Å². The second kappa shape index (κ2) is 8.85. The van der Waals surface area contributed by atoms with Crippen LogP contribution in [0.1, 0.15) is 5.56 Å². The standard InChI is InChI=1S/C21H22Cl2N2O4S/c22-17-7-5-15(6-8-17)11-16-12-24(13-16)21(26)19-14-25(9-10-29-19)30(27,28)20-4-2-1-3-18(20)23/h1-8,16,19H,9-14H2/t19-/m1/s1. The average Bonchev–Trinajstić information content (AvgIpc) is 2.71. The van der Waals surface area contributed by atoms with E-state index in [2.05, 4.69) is 0 Å². The fourth-order valence-electron chi connectivity index (χ4n) is 3.82. The van der Waals surface area contributed by atoms with Gasteiger partial charge in [0.05, 0.1) is 11.6 Å². The first kappa shape index (κ1) is 21.6. The number of rotatable bonds is 5. The molecule has 0 N–H and O–H groups in total. The third kappa shape index (κ3) is 4.50. The zero-order chi connectivity index (χ0) is 21.3. The summed E-state index contributed by atoms with van der Waals surface area (Å²) in [6.07, 6.45) is 0.0759. The Morgan fingerprint density at radius 3 is 2.43 bits per heavy atom. The van der Waals surface area contributed by atoms with Crippen LogP contribution in [0, 0.1) is 5.92 Å². The summed E-state index contributed by atoms with van der Waals surface area (Å²) in [7, 11) is -3.79. The van der Waals surface area contributed by atoms with Gasteiger partial charge in [-0.3, -0.25) is 4.79 Å². The molecule has 0 aliphatic carbocycles. The number of amides is 1. The first-order valence-electron chi connectivity index (χ1n) is 9.74. The summed E-state index contributed by atoms with van der Waals surface area (Å²) in [6, 6.07) is 14.0. The van der Waals surface area contributed by atoms with Crippen LogP contribution in [0.15, 0.2) is 53.4 Å². The van der Waals surface area contributed by atoms with Gasteiger partial charge in [-0.1, -0.05) is 47.5 Å². The van der Waals surface area contributed by atoms with Gasteiger partial charge in [0.2, 0.25) is 10.0 Å². The molecule has 2 aliphatic heterocycles. The number of benzene rings is 2. The highest BCUT2D eigenvalue weighted by Gasteiger charge is 2.40. The van der Waals surface area contributed by atoms with E-state index in [1.165, 1.54) is 15.9 Å². The zero-order valence-corrected chi connectivity index (χ0v) is 18.5. The molecule has 2 heterocycles. The fraction of sp³-hybridized carbons (Fsp3) is 0.381. The van der Waals surface area contributed by atoms with E-state index in [1.54, 1.807) is 23.1 Å². The van der Waals surface area contributed by atoms with E-state index in [0.29, 0.717) is 24.0 Å². The van der Waals surface area contributed by atoms with E-state index in [9.17, 15) is 13.2 Å². The van der Waals surface area contributed by atoms with E-state index in [-0.39, 0.29) is 35.5 Å². The van der Waals surface area contributed by atoms with Crippen LogP contribution in [0.5, 0.6) is 0 Å². The number of carbonyl (C=O) groups excluding carboxylic acids is 1. The minimum Gasteiger partial charge on any atom is -0.366 e. The molecule has 2 fully saturated rings. The second-order valence-corrected chi connectivity index (χ2v) is 10.3. The Morgan fingerprint density at radius 1 is 1.03 bits per heavy atom. The van der Waals surface area contributed by atoms with Crippen LogP contribution in [-0.4, -0.2) is 62.4 Å². The molecule has 0 bridgehead atoms. The Hall–Kier alpha value is -1.64. The van der Waals surface area contributed by atoms with E-state index in [0.717, 1.165) is 6.42 Å². The number of hydrogen-bond donors (Lipinski definition) is 0. The molecular weight excluding hydrogens is 447 g/mol. The van der Waals surface area contributed by atoms with Crippen LogP contribution >= 0.6 is 23.2 Å². The van der Waals surface area contributed by atoms with Gasteiger partial charge in [-0.15, -0.1) is 0 Å². The molecule has 2 saturated heterocycles. The predicted molar refractivity (Wildman–Crippen MR) is 115 cm³/mol. The summed E-state index contributed by atoms with van der Waals surface area (Å²) in [5, 5.41) is 0.870. The Balaban J connectivity index is 1.35. The summed E-state index contributed by atoms with van der Waals surface area (Å²) in [6.45, 7) is 1.63. The topological polar surface area (TPSA) is 66.9 Å². The lowest BCUT2D eigenvalue weighted by Crippen LogP contribution is -2.58. The molecule has 30 heavy (non-hydrogen) atoms. The Bertz CT molecular complexity index is 1020. The smallest absolute Gasteiger partial charge is 0.253 e. The molecule has 2 aliphatic rings. The number of hydrogen-bond acceptors (Lipinski definition) is 4. The van der Waals surface area contributed by atoms with E-state index >= 15 is 0 Å². The third-order valence-electron chi connectivity index (χ3n) is 5.47. The van der Waals surface area contributed by atoms with Gasteiger partial charge in [0.15, 0.2) is 0 Å². The number of carbonyl (C=O) groups is 1.